The lowest BCUT2D eigenvalue weighted by atomic mass is 10.2. The van der Waals surface area contributed by atoms with Crippen molar-refractivity contribution in [2.24, 2.45) is 0 Å². The van der Waals surface area contributed by atoms with E-state index in [4.69, 9.17) is 10.7 Å². The molecule has 1 aromatic rings. The zero-order valence-electron chi connectivity index (χ0n) is 7.41. The van der Waals surface area contributed by atoms with Gasteiger partial charge in [-0.1, -0.05) is 6.92 Å². The van der Waals surface area contributed by atoms with Crippen molar-refractivity contribution in [3.05, 3.63) is 23.5 Å². The van der Waals surface area contributed by atoms with Crippen molar-refractivity contribution in [2.75, 3.05) is 0 Å². The van der Waals surface area contributed by atoms with Crippen molar-refractivity contribution in [3.63, 3.8) is 0 Å². The van der Waals surface area contributed by atoms with Crippen LogP contribution < -0.4 is 0 Å². The molecule has 0 saturated carbocycles. The van der Waals surface area contributed by atoms with E-state index in [1.54, 1.807) is 6.07 Å². The Bertz CT molecular complexity index is 414. The SMILES string of the molecule is CCc1nc(C)ccc1S(=O)(=O)Cl. The van der Waals surface area contributed by atoms with Crippen LogP contribution in [0.4, 0.5) is 0 Å². The third kappa shape index (κ3) is 2.42. The lowest BCUT2D eigenvalue weighted by Crippen LogP contribution is -2.00. The Morgan fingerprint density at radius 3 is 2.54 bits per heavy atom. The van der Waals surface area contributed by atoms with Gasteiger partial charge in [0.2, 0.25) is 0 Å². The molecule has 0 radical (unpaired) electrons. The third-order valence-electron chi connectivity index (χ3n) is 1.67. The minimum atomic E-state index is -3.65. The third-order valence-corrected chi connectivity index (χ3v) is 3.06. The van der Waals surface area contributed by atoms with Crippen LogP contribution in [0.1, 0.15) is 18.3 Å². The highest BCUT2D eigenvalue weighted by atomic mass is 35.7. The first-order valence-corrected chi connectivity index (χ1v) is 6.17. The van der Waals surface area contributed by atoms with Gasteiger partial charge >= 0.3 is 0 Å². The largest absolute Gasteiger partial charge is 0.263 e. The maximum Gasteiger partial charge on any atom is 0.263 e. The second-order valence-electron chi connectivity index (χ2n) is 2.69. The molecule has 5 heteroatoms. The molecule has 0 fully saturated rings. The molecule has 0 aliphatic rings. The number of hydrogen-bond acceptors (Lipinski definition) is 3. The van der Waals surface area contributed by atoms with Gasteiger partial charge in [0.25, 0.3) is 9.05 Å². The van der Waals surface area contributed by atoms with Crippen molar-refractivity contribution < 1.29 is 8.42 Å². The van der Waals surface area contributed by atoms with Crippen LogP contribution in [0.5, 0.6) is 0 Å². The Morgan fingerprint density at radius 2 is 2.08 bits per heavy atom. The number of halogens is 1. The average Bonchev–Trinajstić information content (AvgIpc) is 2.01. The molecule has 1 aromatic heterocycles. The number of nitrogens with zero attached hydrogens (tertiary/aromatic N) is 1. The Labute approximate surface area is 82.2 Å². The van der Waals surface area contributed by atoms with E-state index < -0.39 is 9.05 Å². The molecule has 3 nitrogen and oxygen atoms in total. The summed E-state index contributed by atoms with van der Waals surface area (Å²) in [5, 5.41) is 0. The zero-order chi connectivity index (χ0) is 10.1. The number of hydrogen-bond donors (Lipinski definition) is 0. The second-order valence-corrected chi connectivity index (χ2v) is 5.22. The molecule has 0 spiro atoms. The van der Waals surface area contributed by atoms with Crippen molar-refractivity contribution >= 4 is 19.7 Å². The number of aryl methyl sites for hydroxylation is 2. The maximum absolute atomic E-state index is 11.0. The van der Waals surface area contributed by atoms with Crippen LogP contribution in [0, 0.1) is 6.92 Å². The summed E-state index contributed by atoms with van der Waals surface area (Å²) in [5.74, 6) is 0. The van der Waals surface area contributed by atoms with Gasteiger partial charge in [0.05, 0.1) is 5.69 Å². The van der Waals surface area contributed by atoms with E-state index >= 15 is 0 Å². The highest BCUT2D eigenvalue weighted by Crippen LogP contribution is 2.18. The monoisotopic (exact) mass is 219 g/mol. The summed E-state index contributed by atoms with van der Waals surface area (Å²) in [4.78, 5) is 4.21. The first-order valence-electron chi connectivity index (χ1n) is 3.86. The predicted octanol–water partition coefficient (Wildman–Crippen LogP) is 1.88. The van der Waals surface area contributed by atoms with Gasteiger partial charge in [-0.05, 0) is 25.5 Å². The number of pyridine rings is 1. The molecule has 0 amide bonds. The predicted molar refractivity (Wildman–Crippen MR) is 51.4 cm³/mol. The first-order chi connectivity index (χ1) is 5.95. The number of aromatic nitrogens is 1. The van der Waals surface area contributed by atoms with Crippen molar-refractivity contribution in [2.45, 2.75) is 25.2 Å². The summed E-state index contributed by atoms with van der Waals surface area (Å²) in [5.41, 5.74) is 1.32. The van der Waals surface area contributed by atoms with Crippen LogP contribution in [0.15, 0.2) is 17.0 Å². The van der Waals surface area contributed by atoms with E-state index in [1.807, 2.05) is 13.8 Å². The lowest BCUT2D eigenvalue weighted by Gasteiger charge is -2.03. The topological polar surface area (TPSA) is 47.0 Å². The lowest BCUT2D eigenvalue weighted by molar-refractivity contribution is 0.607. The van der Waals surface area contributed by atoms with E-state index in [0.29, 0.717) is 12.1 Å². The molecule has 0 N–H and O–H groups in total. The highest BCUT2D eigenvalue weighted by molar-refractivity contribution is 8.13. The molecular weight excluding hydrogens is 210 g/mol. The van der Waals surface area contributed by atoms with Gasteiger partial charge in [-0.2, -0.15) is 0 Å². The van der Waals surface area contributed by atoms with Gasteiger partial charge in [0.1, 0.15) is 4.90 Å². The summed E-state index contributed by atoms with van der Waals surface area (Å²) in [7, 11) is 1.57. The van der Waals surface area contributed by atoms with Crippen LogP contribution in [-0.2, 0) is 15.5 Å². The Balaban J connectivity index is 3.39. The molecule has 0 saturated heterocycles. The van der Waals surface area contributed by atoms with Crippen molar-refractivity contribution in [1.82, 2.24) is 4.98 Å². The molecule has 0 unspecified atom stereocenters. The minimum Gasteiger partial charge on any atom is -0.257 e. The van der Waals surface area contributed by atoms with E-state index in [2.05, 4.69) is 4.98 Å². The van der Waals surface area contributed by atoms with E-state index in [9.17, 15) is 8.42 Å². The Hall–Kier alpha value is -0.610. The normalized spacial score (nSPS) is 11.6. The molecule has 72 valence electrons. The van der Waals surface area contributed by atoms with Gasteiger partial charge in [-0.25, -0.2) is 8.42 Å². The van der Waals surface area contributed by atoms with Gasteiger partial charge in [-0.15, -0.1) is 0 Å². The van der Waals surface area contributed by atoms with Gasteiger partial charge in [0, 0.05) is 16.4 Å². The van der Waals surface area contributed by atoms with Gasteiger partial charge < -0.3 is 0 Å². The fraction of sp³-hybridized carbons (Fsp3) is 0.375. The summed E-state index contributed by atoms with van der Waals surface area (Å²) in [6.45, 7) is 3.65. The number of rotatable bonds is 2. The molecule has 13 heavy (non-hydrogen) atoms. The Morgan fingerprint density at radius 1 is 1.46 bits per heavy atom. The average molecular weight is 220 g/mol. The van der Waals surface area contributed by atoms with Crippen molar-refractivity contribution in [3.8, 4) is 0 Å². The van der Waals surface area contributed by atoms with Gasteiger partial charge in [0.15, 0.2) is 0 Å². The quantitative estimate of drug-likeness (QED) is 0.714. The summed E-state index contributed by atoms with van der Waals surface area (Å²) in [6.07, 6.45) is 0.558. The highest BCUT2D eigenvalue weighted by Gasteiger charge is 2.15. The van der Waals surface area contributed by atoms with Crippen LogP contribution in [-0.4, -0.2) is 13.4 Å². The zero-order valence-corrected chi connectivity index (χ0v) is 8.98. The van der Waals surface area contributed by atoms with E-state index in [1.165, 1.54) is 6.07 Å². The van der Waals surface area contributed by atoms with Crippen LogP contribution in [0.25, 0.3) is 0 Å². The summed E-state index contributed by atoms with van der Waals surface area (Å²) < 4.78 is 22.1. The smallest absolute Gasteiger partial charge is 0.257 e. The summed E-state index contributed by atoms with van der Waals surface area (Å²) in [6, 6.07) is 3.12. The van der Waals surface area contributed by atoms with E-state index in [0.717, 1.165) is 5.69 Å². The van der Waals surface area contributed by atoms with Gasteiger partial charge in [-0.3, -0.25) is 4.98 Å². The molecule has 0 aromatic carbocycles. The molecule has 1 heterocycles. The van der Waals surface area contributed by atoms with Crippen LogP contribution in [0.3, 0.4) is 0 Å². The fourth-order valence-electron chi connectivity index (χ4n) is 1.07. The minimum absolute atomic E-state index is 0.113. The van der Waals surface area contributed by atoms with Crippen molar-refractivity contribution in [1.29, 1.82) is 0 Å². The molecule has 0 atom stereocenters. The summed E-state index contributed by atoms with van der Waals surface area (Å²) >= 11 is 0. The van der Waals surface area contributed by atoms with Crippen LogP contribution >= 0.6 is 10.7 Å². The molecule has 1 rings (SSSR count). The fourth-order valence-corrected chi connectivity index (χ4v) is 2.20. The maximum atomic E-state index is 11.0. The van der Waals surface area contributed by atoms with Crippen LogP contribution in [0.2, 0.25) is 0 Å². The Kier molecular flexibility index (Phi) is 2.93. The molecule has 0 aliphatic carbocycles. The standard InChI is InChI=1S/C8H10ClNO2S/c1-3-7-8(13(9,11)12)5-4-6(2)10-7/h4-5H,3H2,1-2H3. The van der Waals surface area contributed by atoms with E-state index in [-0.39, 0.29) is 4.90 Å². The second kappa shape index (κ2) is 3.64. The first kappa shape index (κ1) is 10.5. The molecular formula is C8H10ClNO2S. The molecule has 0 aliphatic heterocycles. The molecule has 0 bridgehead atoms.